The van der Waals surface area contributed by atoms with E-state index in [1.54, 1.807) is 0 Å². The summed E-state index contributed by atoms with van der Waals surface area (Å²) in [5, 5.41) is 3.19. The van der Waals surface area contributed by atoms with Crippen LogP contribution in [0.15, 0.2) is 0 Å². The van der Waals surface area contributed by atoms with Crippen LogP contribution in [0.4, 0.5) is 0 Å². The summed E-state index contributed by atoms with van der Waals surface area (Å²) in [5.41, 5.74) is 0. The molecule has 1 aliphatic heterocycles. The molecule has 0 aliphatic carbocycles. The number of ether oxygens (including phenoxy) is 1. The Morgan fingerprint density at radius 1 is 1.62 bits per heavy atom. The van der Waals surface area contributed by atoms with Crippen LogP contribution >= 0.6 is 0 Å². The molecule has 1 aliphatic rings. The molecule has 0 bridgehead atoms. The Hall–Kier alpha value is -0.120. The normalized spacial score (nSPS) is 25.4. The van der Waals surface area contributed by atoms with Crippen LogP contribution in [0.3, 0.4) is 0 Å². The van der Waals surface area contributed by atoms with Crippen molar-refractivity contribution in [3.05, 3.63) is 0 Å². The highest BCUT2D eigenvalue weighted by Crippen LogP contribution is 2.13. The maximum Gasteiger partial charge on any atom is 0.0702 e. The van der Waals surface area contributed by atoms with Gasteiger partial charge in [0.1, 0.15) is 0 Å². The molecule has 3 heteroatoms. The quantitative estimate of drug-likeness (QED) is 0.684. The summed E-state index contributed by atoms with van der Waals surface area (Å²) in [6.45, 7) is 5.32. The monoisotopic (exact) mass is 186 g/mol. The Balaban J connectivity index is 2.18. The summed E-state index contributed by atoms with van der Waals surface area (Å²) in [6.07, 6.45) is 2.94. The zero-order chi connectivity index (χ0) is 9.68. The van der Waals surface area contributed by atoms with Gasteiger partial charge in [0.25, 0.3) is 0 Å². The summed E-state index contributed by atoms with van der Waals surface area (Å²) in [7, 11) is 4.17. The molecule has 0 saturated carbocycles. The van der Waals surface area contributed by atoms with Gasteiger partial charge in [-0.05, 0) is 33.9 Å². The third-order valence-electron chi connectivity index (χ3n) is 2.77. The molecule has 0 aromatic heterocycles. The highest BCUT2D eigenvalue weighted by atomic mass is 16.5. The molecule has 0 radical (unpaired) electrons. The van der Waals surface area contributed by atoms with Crippen molar-refractivity contribution in [3.63, 3.8) is 0 Å². The Morgan fingerprint density at radius 2 is 2.38 bits per heavy atom. The predicted molar refractivity (Wildman–Crippen MR) is 55.0 cm³/mol. The van der Waals surface area contributed by atoms with E-state index in [2.05, 4.69) is 24.2 Å². The van der Waals surface area contributed by atoms with Gasteiger partial charge in [0.2, 0.25) is 0 Å². The van der Waals surface area contributed by atoms with Crippen LogP contribution in [0.5, 0.6) is 0 Å². The SMILES string of the molecule is CNCC(C)N(C)CC1CCCO1. The smallest absolute Gasteiger partial charge is 0.0702 e. The van der Waals surface area contributed by atoms with Gasteiger partial charge in [-0.3, -0.25) is 4.90 Å². The Bertz CT molecular complexity index is 135. The molecule has 1 N–H and O–H groups in total. The zero-order valence-corrected chi connectivity index (χ0v) is 9.05. The molecule has 0 amide bonds. The van der Waals surface area contributed by atoms with E-state index in [9.17, 15) is 0 Å². The van der Waals surface area contributed by atoms with Crippen LogP contribution < -0.4 is 5.32 Å². The molecule has 1 saturated heterocycles. The number of rotatable bonds is 5. The van der Waals surface area contributed by atoms with Crippen LogP contribution in [-0.4, -0.2) is 50.8 Å². The van der Waals surface area contributed by atoms with Crippen LogP contribution in [0.2, 0.25) is 0 Å². The van der Waals surface area contributed by atoms with E-state index in [1.807, 2.05) is 7.05 Å². The minimum atomic E-state index is 0.476. The van der Waals surface area contributed by atoms with Gasteiger partial charge in [-0.1, -0.05) is 0 Å². The fraction of sp³-hybridized carbons (Fsp3) is 1.00. The van der Waals surface area contributed by atoms with Crippen LogP contribution in [0, 0.1) is 0 Å². The third kappa shape index (κ3) is 3.63. The summed E-state index contributed by atoms with van der Waals surface area (Å²) >= 11 is 0. The van der Waals surface area contributed by atoms with Crippen molar-refractivity contribution in [1.29, 1.82) is 0 Å². The van der Waals surface area contributed by atoms with Gasteiger partial charge < -0.3 is 10.1 Å². The van der Waals surface area contributed by atoms with E-state index in [4.69, 9.17) is 4.74 Å². The average molecular weight is 186 g/mol. The number of hydrogen-bond donors (Lipinski definition) is 1. The van der Waals surface area contributed by atoms with Crippen molar-refractivity contribution in [2.24, 2.45) is 0 Å². The largest absolute Gasteiger partial charge is 0.377 e. The van der Waals surface area contributed by atoms with Gasteiger partial charge >= 0.3 is 0 Å². The van der Waals surface area contributed by atoms with Crippen LogP contribution in [-0.2, 0) is 4.74 Å². The van der Waals surface area contributed by atoms with E-state index < -0.39 is 0 Å². The first-order chi connectivity index (χ1) is 6.24. The standard InChI is InChI=1S/C10H22N2O/c1-9(7-11-2)12(3)8-10-5-4-6-13-10/h9-11H,4-8H2,1-3H3. The number of nitrogens with zero attached hydrogens (tertiary/aromatic N) is 1. The van der Waals surface area contributed by atoms with E-state index in [1.165, 1.54) is 12.8 Å². The Morgan fingerprint density at radius 3 is 2.92 bits per heavy atom. The molecule has 1 fully saturated rings. The minimum absolute atomic E-state index is 0.476. The minimum Gasteiger partial charge on any atom is -0.377 e. The first-order valence-electron chi connectivity index (χ1n) is 5.20. The van der Waals surface area contributed by atoms with E-state index in [0.29, 0.717) is 12.1 Å². The molecule has 78 valence electrons. The van der Waals surface area contributed by atoms with Crippen molar-refractivity contribution in [2.75, 3.05) is 33.8 Å². The number of nitrogens with one attached hydrogen (secondary N) is 1. The van der Waals surface area contributed by atoms with Crippen LogP contribution in [0.1, 0.15) is 19.8 Å². The molecular weight excluding hydrogens is 164 g/mol. The summed E-state index contributed by atoms with van der Waals surface area (Å²) in [5.74, 6) is 0. The van der Waals surface area contributed by atoms with Gasteiger partial charge in [-0.25, -0.2) is 0 Å². The lowest BCUT2D eigenvalue weighted by molar-refractivity contribution is 0.0706. The fourth-order valence-corrected chi connectivity index (χ4v) is 1.74. The van der Waals surface area contributed by atoms with E-state index in [0.717, 1.165) is 19.7 Å². The molecule has 13 heavy (non-hydrogen) atoms. The van der Waals surface area contributed by atoms with Gasteiger partial charge in [0.05, 0.1) is 6.10 Å². The van der Waals surface area contributed by atoms with Crippen molar-refractivity contribution in [1.82, 2.24) is 10.2 Å². The second kappa shape index (κ2) is 5.58. The summed E-state index contributed by atoms with van der Waals surface area (Å²) in [6, 6.07) is 0.592. The van der Waals surface area contributed by atoms with Crippen molar-refractivity contribution >= 4 is 0 Å². The van der Waals surface area contributed by atoms with E-state index >= 15 is 0 Å². The lowest BCUT2D eigenvalue weighted by atomic mass is 10.2. The molecule has 1 heterocycles. The molecule has 1 rings (SSSR count). The van der Waals surface area contributed by atoms with Gasteiger partial charge in [-0.15, -0.1) is 0 Å². The lowest BCUT2D eigenvalue weighted by Gasteiger charge is -2.26. The van der Waals surface area contributed by atoms with Gasteiger partial charge in [0, 0.05) is 25.7 Å². The zero-order valence-electron chi connectivity index (χ0n) is 9.05. The molecular formula is C10H22N2O. The first kappa shape index (κ1) is 11.0. The lowest BCUT2D eigenvalue weighted by Crippen LogP contribution is -2.40. The summed E-state index contributed by atoms with van der Waals surface area (Å²) in [4.78, 5) is 2.37. The topological polar surface area (TPSA) is 24.5 Å². The first-order valence-corrected chi connectivity index (χ1v) is 5.20. The molecule has 2 unspecified atom stereocenters. The molecule has 0 aromatic rings. The maximum atomic E-state index is 5.59. The van der Waals surface area contributed by atoms with Crippen LogP contribution in [0.25, 0.3) is 0 Å². The van der Waals surface area contributed by atoms with E-state index in [-0.39, 0.29) is 0 Å². The van der Waals surface area contributed by atoms with Gasteiger partial charge in [-0.2, -0.15) is 0 Å². The number of likely N-dealkylation sites (N-methyl/N-ethyl adjacent to an activating group) is 2. The highest BCUT2D eigenvalue weighted by Gasteiger charge is 2.19. The fourth-order valence-electron chi connectivity index (χ4n) is 1.74. The second-order valence-corrected chi connectivity index (χ2v) is 3.98. The van der Waals surface area contributed by atoms with Crippen molar-refractivity contribution in [2.45, 2.75) is 31.9 Å². The molecule has 3 nitrogen and oxygen atoms in total. The Labute approximate surface area is 81.4 Å². The Kier molecular flexibility index (Phi) is 4.70. The molecule has 2 atom stereocenters. The third-order valence-corrected chi connectivity index (χ3v) is 2.77. The van der Waals surface area contributed by atoms with Crippen molar-refractivity contribution < 1.29 is 4.74 Å². The second-order valence-electron chi connectivity index (χ2n) is 3.98. The molecule has 0 spiro atoms. The maximum absolute atomic E-state index is 5.59. The predicted octanol–water partition coefficient (Wildman–Crippen LogP) is 0.705. The summed E-state index contributed by atoms with van der Waals surface area (Å²) < 4.78 is 5.59. The van der Waals surface area contributed by atoms with Crippen molar-refractivity contribution in [3.8, 4) is 0 Å². The van der Waals surface area contributed by atoms with Gasteiger partial charge in [0.15, 0.2) is 0 Å². The number of hydrogen-bond acceptors (Lipinski definition) is 3. The average Bonchev–Trinajstić information content (AvgIpc) is 2.57. The molecule has 0 aromatic carbocycles. The highest BCUT2D eigenvalue weighted by molar-refractivity contribution is 4.72.